The molecule has 2 atom stereocenters. The monoisotopic (exact) mass is 153 g/mol. The second-order valence-electron chi connectivity index (χ2n) is 2.86. The highest BCUT2D eigenvalue weighted by atomic mass is 19.1. The number of hydrogen-bond donors (Lipinski definition) is 1. The first-order chi connectivity index (χ1) is 5.11. The van der Waals surface area contributed by atoms with Gasteiger partial charge in [-0.05, 0) is 18.4 Å². The summed E-state index contributed by atoms with van der Waals surface area (Å²) in [6, 6.07) is 0.236. The first-order valence-electron chi connectivity index (χ1n) is 3.58. The van der Waals surface area contributed by atoms with Crippen molar-refractivity contribution in [3.8, 4) is 0 Å². The van der Waals surface area contributed by atoms with Crippen molar-refractivity contribution < 1.29 is 4.39 Å². The smallest absolute Gasteiger partial charge is 0.116 e. The van der Waals surface area contributed by atoms with E-state index < -0.39 is 5.83 Å². The van der Waals surface area contributed by atoms with Crippen molar-refractivity contribution in [2.24, 2.45) is 11.7 Å². The summed E-state index contributed by atoms with van der Waals surface area (Å²) < 4.78 is 12.1. The summed E-state index contributed by atoms with van der Waals surface area (Å²) in [6.07, 6.45) is 3.93. The van der Waals surface area contributed by atoms with Gasteiger partial charge in [0.15, 0.2) is 0 Å². The van der Waals surface area contributed by atoms with Gasteiger partial charge in [-0.2, -0.15) is 0 Å². The summed E-state index contributed by atoms with van der Waals surface area (Å²) in [7, 11) is 0. The molecule has 1 aliphatic carbocycles. The zero-order valence-corrected chi connectivity index (χ0v) is 6.39. The summed E-state index contributed by atoms with van der Waals surface area (Å²) in [4.78, 5) is 0. The standard InChI is InChI=1S/C9H12FN/c1-6(3-4-7(2)10)8-5-9(8)11/h3-4,8-9H,1-2,5,11H2. The number of hydrogen-bond acceptors (Lipinski definition) is 1. The molecule has 0 aliphatic heterocycles. The van der Waals surface area contributed by atoms with Gasteiger partial charge < -0.3 is 5.73 Å². The van der Waals surface area contributed by atoms with Crippen LogP contribution in [0.25, 0.3) is 0 Å². The third kappa shape index (κ3) is 2.31. The van der Waals surface area contributed by atoms with Crippen LogP contribution in [0, 0.1) is 5.92 Å². The van der Waals surface area contributed by atoms with Crippen molar-refractivity contribution in [2.45, 2.75) is 12.5 Å². The molecule has 1 saturated carbocycles. The molecule has 11 heavy (non-hydrogen) atoms. The minimum Gasteiger partial charge on any atom is -0.327 e. The third-order valence-corrected chi connectivity index (χ3v) is 1.79. The van der Waals surface area contributed by atoms with E-state index in [9.17, 15) is 4.39 Å². The Morgan fingerprint density at radius 3 is 2.36 bits per heavy atom. The average molecular weight is 153 g/mol. The molecule has 1 aliphatic rings. The molecule has 1 fully saturated rings. The van der Waals surface area contributed by atoms with Crippen LogP contribution in [-0.2, 0) is 0 Å². The third-order valence-electron chi connectivity index (χ3n) is 1.79. The largest absolute Gasteiger partial charge is 0.327 e. The van der Waals surface area contributed by atoms with Crippen LogP contribution in [-0.4, -0.2) is 6.04 Å². The van der Waals surface area contributed by atoms with E-state index in [1.165, 1.54) is 6.08 Å². The predicted octanol–water partition coefficient (Wildman–Crippen LogP) is 1.93. The molecule has 1 nitrogen and oxygen atoms in total. The Bertz CT molecular complexity index is 218. The predicted molar refractivity (Wildman–Crippen MR) is 44.6 cm³/mol. The molecular formula is C9H12FN. The maximum atomic E-state index is 12.1. The Morgan fingerprint density at radius 1 is 1.45 bits per heavy atom. The van der Waals surface area contributed by atoms with Crippen LogP contribution >= 0.6 is 0 Å². The van der Waals surface area contributed by atoms with Crippen LogP contribution in [0.5, 0.6) is 0 Å². The van der Waals surface area contributed by atoms with E-state index in [0.29, 0.717) is 5.92 Å². The normalized spacial score (nSPS) is 28.9. The fourth-order valence-electron chi connectivity index (χ4n) is 0.962. The van der Waals surface area contributed by atoms with Gasteiger partial charge in [0.2, 0.25) is 0 Å². The van der Waals surface area contributed by atoms with Crippen molar-refractivity contribution in [1.29, 1.82) is 0 Å². The SMILES string of the molecule is C=C(F)C=CC(=C)C1CC1N. The topological polar surface area (TPSA) is 26.0 Å². The first-order valence-corrected chi connectivity index (χ1v) is 3.58. The lowest BCUT2D eigenvalue weighted by Crippen LogP contribution is -2.02. The van der Waals surface area contributed by atoms with E-state index in [-0.39, 0.29) is 6.04 Å². The lowest BCUT2D eigenvalue weighted by molar-refractivity contribution is 0.671. The molecule has 2 unspecified atom stereocenters. The van der Waals surface area contributed by atoms with Gasteiger partial charge in [0.25, 0.3) is 0 Å². The molecule has 2 N–H and O–H groups in total. The molecule has 0 bridgehead atoms. The van der Waals surface area contributed by atoms with Gasteiger partial charge in [0.05, 0.1) is 0 Å². The number of halogens is 1. The van der Waals surface area contributed by atoms with Gasteiger partial charge in [-0.25, -0.2) is 4.39 Å². The molecule has 0 spiro atoms. The fraction of sp³-hybridized carbons (Fsp3) is 0.333. The zero-order valence-electron chi connectivity index (χ0n) is 6.39. The lowest BCUT2D eigenvalue weighted by atomic mass is 10.2. The summed E-state index contributed by atoms with van der Waals surface area (Å²) >= 11 is 0. The molecule has 2 heteroatoms. The minimum atomic E-state index is -0.444. The molecule has 0 aromatic heterocycles. The van der Waals surface area contributed by atoms with Gasteiger partial charge in [-0.15, -0.1) is 0 Å². The molecule has 0 saturated heterocycles. The van der Waals surface area contributed by atoms with Crippen LogP contribution in [0.3, 0.4) is 0 Å². The van der Waals surface area contributed by atoms with E-state index in [2.05, 4.69) is 13.2 Å². The van der Waals surface area contributed by atoms with Crippen LogP contribution in [0.4, 0.5) is 4.39 Å². The molecule has 0 heterocycles. The maximum Gasteiger partial charge on any atom is 0.116 e. The van der Waals surface area contributed by atoms with E-state index in [1.54, 1.807) is 6.08 Å². The summed E-state index contributed by atoms with van der Waals surface area (Å²) in [5, 5.41) is 0. The second kappa shape index (κ2) is 3.01. The molecule has 0 amide bonds. The van der Waals surface area contributed by atoms with Crippen molar-refractivity contribution >= 4 is 0 Å². The summed E-state index contributed by atoms with van der Waals surface area (Å²) in [5.74, 6) is -0.0778. The highest BCUT2D eigenvalue weighted by molar-refractivity contribution is 5.28. The van der Waals surface area contributed by atoms with Crippen molar-refractivity contribution in [3.63, 3.8) is 0 Å². The van der Waals surface area contributed by atoms with Gasteiger partial charge in [0, 0.05) is 6.04 Å². The van der Waals surface area contributed by atoms with Crippen LogP contribution < -0.4 is 5.73 Å². The minimum absolute atomic E-state index is 0.236. The Labute approximate surface area is 66.1 Å². The average Bonchev–Trinajstić information content (AvgIpc) is 2.61. The molecule has 60 valence electrons. The van der Waals surface area contributed by atoms with Crippen LogP contribution in [0.1, 0.15) is 6.42 Å². The van der Waals surface area contributed by atoms with E-state index >= 15 is 0 Å². The number of allylic oxidation sites excluding steroid dienone is 3. The van der Waals surface area contributed by atoms with Gasteiger partial charge in [-0.1, -0.05) is 24.8 Å². The zero-order chi connectivity index (χ0) is 8.43. The van der Waals surface area contributed by atoms with Gasteiger partial charge in [-0.3, -0.25) is 0 Å². The van der Waals surface area contributed by atoms with Crippen LogP contribution in [0.2, 0.25) is 0 Å². The van der Waals surface area contributed by atoms with Crippen LogP contribution in [0.15, 0.2) is 36.7 Å². The first kappa shape index (κ1) is 8.21. The Morgan fingerprint density at radius 2 is 2.00 bits per heavy atom. The molecule has 0 aromatic rings. The highest BCUT2D eigenvalue weighted by Gasteiger charge is 2.34. The summed E-state index contributed by atoms with van der Waals surface area (Å²) in [5.41, 5.74) is 6.46. The van der Waals surface area contributed by atoms with Gasteiger partial charge >= 0.3 is 0 Å². The molecule has 0 radical (unpaired) electrons. The van der Waals surface area contributed by atoms with E-state index in [1.807, 2.05) is 0 Å². The molecule has 1 rings (SSSR count). The Kier molecular flexibility index (Phi) is 2.25. The lowest BCUT2D eigenvalue weighted by Gasteiger charge is -1.93. The second-order valence-corrected chi connectivity index (χ2v) is 2.86. The Hall–Kier alpha value is -0.890. The van der Waals surface area contributed by atoms with Crippen molar-refractivity contribution in [3.05, 3.63) is 36.7 Å². The molecular weight excluding hydrogens is 141 g/mol. The maximum absolute atomic E-state index is 12.1. The van der Waals surface area contributed by atoms with Gasteiger partial charge in [0.1, 0.15) is 5.83 Å². The number of nitrogens with two attached hydrogens (primary N) is 1. The quantitative estimate of drug-likeness (QED) is 0.616. The van der Waals surface area contributed by atoms with E-state index in [4.69, 9.17) is 5.73 Å². The van der Waals surface area contributed by atoms with E-state index in [0.717, 1.165) is 12.0 Å². The number of rotatable bonds is 3. The molecule has 0 aromatic carbocycles. The Balaban J connectivity index is 2.38. The highest BCUT2D eigenvalue weighted by Crippen LogP contribution is 2.34. The summed E-state index contributed by atoms with van der Waals surface area (Å²) in [6.45, 7) is 6.86. The fourth-order valence-corrected chi connectivity index (χ4v) is 0.962. The van der Waals surface area contributed by atoms with Crippen molar-refractivity contribution in [2.75, 3.05) is 0 Å². The van der Waals surface area contributed by atoms with Crippen molar-refractivity contribution in [1.82, 2.24) is 0 Å².